The third-order valence-corrected chi connectivity index (χ3v) is 4.62. The van der Waals surface area contributed by atoms with Crippen molar-refractivity contribution < 1.29 is 4.79 Å². The van der Waals surface area contributed by atoms with Gasteiger partial charge in [0.05, 0.1) is 5.39 Å². The maximum Gasteiger partial charge on any atom is 0.274 e. The van der Waals surface area contributed by atoms with Gasteiger partial charge < -0.3 is 9.80 Å². The Bertz CT molecular complexity index is 828. The number of carbonyl (C=O) groups excluding carboxylic acids is 1. The van der Waals surface area contributed by atoms with Crippen molar-refractivity contribution in [2.75, 3.05) is 33.2 Å². The topological polar surface area (TPSA) is 58.4 Å². The van der Waals surface area contributed by atoms with E-state index in [0.717, 1.165) is 26.1 Å². The molecular weight excluding hydrogens is 316 g/mol. The number of nitrogens with zero attached hydrogens (tertiary/aromatic N) is 4. The molecular formula is C19H26N4O2. The molecule has 2 aromatic rings. The molecule has 3 rings (SSSR count). The van der Waals surface area contributed by atoms with Gasteiger partial charge >= 0.3 is 0 Å². The van der Waals surface area contributed by atoms with Gasteiger partial charge in [-0.2, -0.15) is 5.10 Å². The summed E-state index contributed by atoms with van der Waals surface area (Å²) >= 11 is 0. The van der Waals surface area contributed by atoms with Gasteiger partial charge in [-0.25, -0.2) is 4.68 Å². The van der Waals surface area contributed by atoms with E-state index in [1.165, 1.54) is 4.68 Å². The molecule has 1 fully saturated rings. The molecule has 2 heterocycles. The third-order valence-electron chi connectivity index (χ3n) is 4.62. The van der Waals surface area contributed by atoms with Crippen LogP contribution in [0.3, 0.4) is 0 Å². The highest BCUT2D eigenvalue weighted by Gasteiger charge is 2.23. The van der Waals surface area contributed by atoms with E-state index in [4.69, 9.17) is 0 Å². The molecule has 0 atom stereocenters. The first kappa shape index (κ1) is 17.6. The molecule has 0 unspecified atom stereocenters. The van der Waals surface area contributed by atoms with E-state index < -0.39 is 0 Å². The molecule has 0 bridgehead atoms. The molecule has 1 aliphatic heterocycles. The third kappa shape index (κ3) is 3.74. The summed E-state index contributed by atoms with van der Waals surface area (Å²) in [7, 11) is 2.07. The van der Waals surface area contributed by atoms with Crippen LogP contribution in [0.1, 0.15) is 30.8 Å². The zero-order chi connectivity index (χ0) is 18.0. The van der Waals surface area contributed by atoms with E-state index >= 15 is 0 Å². The first-order valence-corrected chi connectivity index (χ1v) is 8.95. The average Bonchev–Trinajstić information content (AvgIpc) is 2.81. The summed E-state index contributed by atoms with van der Waals surface area (Å²) in [5.41, 5.74) is 0.261. The van der Waals surface area contributed by atoms with Crippen LogP contribution in [-0.2, 0) is 6.54 Å². The molecule has 0 radical (unpaired) electrons. The monoisotopic (exact) mass is 342 g/mol. The van der Waals surface area contributed by atoms with Crippen LogP contribution in [0.4, 0.5) is 0 Å². The fourth-order valence-corrected chi connectivity index (χ4v) is 3.26. The van der Waals surface area contributed by atoms with Crippen LogP contribution < -0.4 is 5.56 Å². The van der Waals surface area contributed by atoms with E-state index in [1.54, 1.807) is 6.07 Å². The lowest BCUT2D eigenvalue weighted by Gasteiger charge is -2.21. The summed E-state index contributed by atoms with van der Waals surface area (Å²) in [6.45, 7) is 7.84. The van der Waals surface area contributed by atoms with Crippen molar-refractivity contribution in [1.82, 2.24) is 19.6 Å². The van der Waals surface area contributed by atoms with Gasteiger partial charge in [0.1, 0.15) is 0 Å². The summed E-state index contributed by atoms with van der Waals surface area (Å²) in [6, 6.07) is 7.28. The van der Waals surface area contributed by atoms with Crippen LogP contribution in [0.25, 0.3) is 10.8 Å². The van der Waals surface area contributed by atoms with Crippen molar-refractivity contribution in [3.05, 3.63) is 40.3 Å². The molecule has 0 saturated carbocycles. The van der Waals surface area contributed by atoms with Crippen LogP contribution in [0.15, 0.2) is 29.1 Å². The molecule has 0 aliphatic carbocycles. The Labute approximate surface area is 148 Å². The molecule has 1 saturated heterocycles. The molecule has 0 spiro atoms. The quantitative estimate of drug-likeness (QED) is 0.854. The van der Waals surface area contributed by atoms with Gasteiger partial charge in [0.15, 0.2) is 5.69 Å². The molecule has 134 valence electrons. The lowest BCUT2D eigenvalue weighted by molar-refractivity contribution is 0.0756. The lowest BCUT2D eigenvalue weighted by Crippen LogP contribution is -2.37. The Morgan fingerprint density at radius 1 is 1.12 bits per heavy atom. The Balaban J connectivity index is 2.06. The Morgan fingerprint density at radius 3 is 2.56 bits per heavy atom. The van der Waals surface area contributed by atoms with Crippen LogP contribution in [-0.4, -0.2) is 58.7 Å². The summed E-state index contributed by atoms with van der Waals surface area (Å²) in [5.74, 6) is 0.199. The van der Waals surface area contributed by atoms with Gasteiger partial charge in [-0.3, -0.25) is 9.59 Å². The molecule has 6 heteroatoms. The van der Waals surface area contributed by atoms with Gasteiger partial charge in [-0.1, -0.05) is 32.0 Å². The van der Waals surface area contributed by atoms with Gasteiger partial charge in [-0.15, -0.1) is 0 Å². The predicted octanol–water partition coefficient (Wildman–Crippen LogP) is 1.83. The second-order valence-electron chi connectivity index (χ2n) is 7.22. The Kier molecular flexibility index (Phi) is 5.18. The summed E-state index contributed by atoms with van der Waals surface area (Å²) in [4.78, 5) is 29.9. The van der Waals surface area contributed by atoms with Gasteiger partial charge in [-0.05, 0) is 32.0 Å². The number of fused-ring (bicyclic) bond motifs is 1. The van der Waals surface area contributed by atoms with Gasteiger partial charge in [0, 0.05) is 31.6 Å². The van der Waals surface area contributed by atoms with Crippen molar-refractivity contribution in [2.24, 2.45) is 5.92 Å². The minimum absolute atomic E-state index is 0.0796. The molecule has 6 nitrogen and oxygen atoms in total. The average molecular weight is 342 g/mol. The van der Waals surface area contributed by atoms with Crippen LogP contribution in [0.5, 0.6) is 0 Å². The minimum atomic E-state index is -0.128. The Hall–Kier alpha value is -2.21. The van der Waals surface area contributed by atoms with Crippen molar-refractivity contribution in [3.63, 3.8) is 0 Å². The maximum absolute atomic E-state index is 13.2. The SMILES string of the molecule is CC(C)Cn1nc(C(=O)N2CCCN(C)CC2)c2ccccc2c1=O. The number of carbonyl (C=O) groups is 1. The van der Waals surface area contributed by atoms with Gasteiger partial charge in [0.2, 0.25) is 0 Å². The van der Waals surface area contributed by atoms with Crippen molar-refractivity contribution in [1.29, 1.82) is 0 Å². The zero-order valence-corrected chi connectivity index (χ0v) is 15.2. The zero-order valence-electron chi connectivity index (χ0n) is 15.2. The molecule has 1 amide bonds. The van der Waals surface area contributed by atoms with E-state index in [2.05, 4.69) is 17.0 Å². The molecule has 0 N–H and O–H groups in total. The first-order chi connectivity index (χ1) is 12.0. The summed E-state index contributed by atoms with van der Waals surface area (Å²) in [5, 5.41) is 5.68. The van der Waals surface area contributed by atoms with E-state index in [0.29, 0.717) is 29.6 Å². The first-order valence-electron chi connectivity index (χ1n) is 8.95. The molecule has 1 aromatic carbocycles. The Morgan fingerprint density at radius 2 is 1.84 bits per heavy atom. The van der Waals surface area contributed by atoms with E-state index in [9.17, 15) is 9.59 Å². The maximum atomic E-state index is 13.2. The van der Waals surface area contributed by atoms with Crippen LogP contribution in [0.2, 0.25) is 0 Å². The highest BCUT2D eigenvalue weighted by atomic mass is 16.2. The van der Waals surface area contributed by atoms with Gasteiger partial charge in [0.25, 0.3) is 11.5 Å². The summed E-state index contributed by atoms with van der Waals surface area (Å²) in [6.07, 6.45) is 0.950. The highest BCUT2D eigenvalue weighted by molar-refractivity contribution is 6.04. The molecule has 1 aliphatic rings. The number of amides is 1. The van der Waals surface area contributed by atoms with Crippen molar-refractivity contribution in [2.45, 2.75) is 26.8 Å². The lowest BCUT2D eigenvalue weighted by atomic mass is 10.1. The van der Waals surface area contributed by atoms with Crippen molar-refractivity contribution in [3.8, 4) is 0 Å². The van der Waals surface area contributed by atoms with Crippen LogP contribution in [0, 0.1) is 5.92 Å². The fraction of sp³-hybridized carbons (Fsp3) is 0.526. The number of rotatable bonds is 3. The standard InChI is InChI=1S/C19H26N4O2/c1-14(2)13-23-18(24)16-8-5-4-7-15(16)17(20-23)19(25)22-10-6-9-21(3)11-12-22/h4-5,7-8,14H,6,9-13H2,1-3H3. The van der Waals surface area contributed by atoms with E-state index in [-0.39, 0.29) is 17.4 Å². The summed E-state index contributed by atoms with van der Waals surface area (Å²) < 4.78 is 1.45. The number of benzene rings is 1. The number of hydrogen-bond acceptors (Lipinski definition) is 4. The van der Waals surface area contributed by atoms with E-state index in [1.807, 2.05) is 36.9 Å². The number of hydrogen-bond donors (Lipinski definition) is 0. The fourth-order valence-electron chi connectivity index (χ4n) is 3.26. The molecule has 25 heavy (non-hydrogen) atoms. The second-order valence-corrected chi connectivity index (χ2v) is 7.22. The minimum Gasteiger partial charge on any atom is -0.336 e. The normalized spacial score (nSPS) is 16.4. The highest BCUT2D eigenvalue weighted by Crippen LogP contribution is 2.16. The number of likely N-dealkylation sites (N-methyl/N-ethyl adjacent to an activating group) is 1. The smallest absolute Gasteiger partial charge is 0.274 e. The van der Waals surface area contributed by atoms with Crippen molar-refractivity contribution >= 4 is 16.7 Å². The number of aromatic nitrogens is 2. The largest absolute Gasteiger partial charge is 0.336 e. The molecule has 1 aromatic heterocycles. The predicted molar refractivity (Wildman–Crippen MR) is 98.9 cm³/mol. The second kappa shape index (κ2) is 7.35. The van der Waals surface area contributed by atoms with Crippen LogP contribution >= 0.6 is 0 Å².